The van der Waals surface area contributed by atoms with E-state index in [1.165, 1.54) is 18.1 Å². The Hall–Kier alpha value is -3.32. The van der Waals surface area contributed by atoms with E-state index in [0.717, 1.165) is 38.6 Å². The van der Waals surface area contributed by atoms with Crippen molar-refractivity contribution in [3.8, 4) is 22.6 Å². The van der Waals surface area contributed by atoms with Gasteiger partial charge in [-0.25, -0.2) is 9.97 Å². The summed E-state index contributed by atoms with van der Waals surface area (Å²) in [6.07, 6.45) is 3.58. The molecule has 0 saturated heterocycles. The van der Waals surface area contributed by atoms with Crippen LogP contribution in [-0.2, 0) is 9.53 Å². The van der Waals surface area contributed by atoms with Crippen molar-refractivity contribution >= 4 is 28.8 Å². The fourth-order valence-electron chi connectivity index (χ4n) is 3.45. The van der Waals surface area contributed by atoms with Gasteiger partial charge in [0.25, 0.3) is 0 Å². The number of para-hydroxylation sites is 2. The maximum atomic E-state index is 12.2. The molecule has 0 saturated carbocycles. The van der Waals surface area contributed by atoms with E-state index in [4.69, 9.17) is 9.47 Å². The third-order valence-electron chi connectivity index (χ3n) is 4.88. The maximum Gasteiger partial charge on any atom is 0.319 e. The van der Waals surface area contributed by atoms with Crippen molar-refractivity contribution in [2.75, 3.05) is 13.7 Å². The van der Waals surface area contributed by atoms with E-state index in [1.807, 2.05) is 60.2 Å². The van der Waals surface area contributed by atoms with Gasteiger partial charge in [-0.3, -0.25) is 9.36 Å². The number of benzene rings is 2. The van der Waals surface area contributed by atoms with Crippen molar-refractivity contribution in [2.24, 2.45) is 0 Å². The van der Waals surface area contributed by atoms with Crippen LogP contribution in [0.15, 0.2) is 72.1 Å². The first-order valence-electron chi connectivity index (χ1n) is 10.0. The summed E-state index contributed by atoms with van der Waals surface area (Å²) in [6, 6.07) is 17.9. The van der Waals surface area contributed by atoms with Gasteiger partial charge in [-0.2, -0.15) is 0 Å². The molecule has 4 rings (SSSR count). The number of methoxy groups -OCH3 is 1. The van der Waals surface area contributed by atoms with Crippen LogP contribution in [0, 0.1) is 0 Å². The van der Waals surface area contributed by atoms with Gasteiger partial charge in [0.2, 0.25) is 0 Å². The van der Waals surface area contributed by atoms with Gasteiger partial charge in [0.1, 0.15) is 28.0 Å². The second kappa shape index (κ2) is 9.22. The molecule has 0 N–H and O–H groups in total. The molecule has 0 spiro atoms. The lowest BCUT2D eigenvalue weighted by Gasteiger charge is -2.12. The summed E-state index contributed by atoms with van der Waals surface area (Å²) in [5.74, 6) is 0.483. The summed E-state index contributed by atoms with van der Waals surface area (Å²) >= 11 is 1.38. The van der Waals surface area contributed by atoms with Gasteiger partial charge in [-0.15, -0.1) is 0 Å². The number of carbonyl (C=O) groups is 1. The summed E-state index contributed by atoms with van der Waals surface area (Å²) in [6.45, 7) is 3.98. The molecule has 2 heterocycles. The Balaban J connectivity index is 1.93. The van der Waals surface area contributed by atoms with E-state index in [1.54, 1.807) is 14.0 Å². The van der Waals surface area contributed by atoms with Crippen LogP contribution in [-0.4, -0.2) is 39.5 Å². The predicted molar refractivity (Wildman–Crippen MR) is 123 cm³/mol. The van der Waals surface area contributed by atoms with Crippen LogP contribution in [0.5, 0.6) is 5.75 Å². The van der Waals surface area contributed by atoms with Gasteiger partial charge >= 0.3 is 5.97 Å². The Morgan fingerprint density at radius 1 is 1.10 bits per heavy atom. The lowest BCUT2D eigenvalue weighted by molar-refractivity contribution is -0.142. The fourth-order valence-corrected chi connectivity index (χ4v) is 4.37. The topological polar surface area (TPSA) is 66.2 Å². The molecule has 7 heteroatoms. The first kappa shape index (κ1) is 20.9. The van der Waals surface area contributed by atoms with Crippen LogP contribution in [0.4, 0.5) is 0 Å². The van der Waals surface area contributed by atoms with Crippen molar-refractivity contribution in [2.45, 2.75) is 24.1 Å². The highest BCUT2D eigenvalue weighted by molar-refractivity contribution is 8.00. The quantitative estimate of drug-likeness (QED) is 0.228. The zero-order chi connectivity index (χ0) is 21.8. The SMILES string of the molecule is CCOC(=O)[C@@H](C)Sc1ncnc2c1c(-c1ccccc1)cn2-c1ccccc1OC. The minimum absolute atomic E-state index is 0.260. The number of fused-ring (bicyclic) bond motifs is 1. The molecule has 0 unspecified atom stereocenters. The van der Waals surface area contributed by atoms with Crippen LogP contribution < -0.4 is 4.74 Å². The molecule has 1 atom stereocenters. The Labute approximate surface area is 185 Å². The second-order valence-corrected chi connectivity index (χ2v) is 8.17. The minimum Gasteiger partial charge on any atom is -0.495 e. The highest BCUT2D eigenvalue weighted by Crippen LogP contribution is 2.39. The summed E-state index contributed by atoms with van der Waals surface area (Å²) in [7, 11) is 1.65. The van der Waals surface area contributed by atoms with E-state index in [-0.39, 0.29) is 5.97 Å². The Bertz CT molecular complexity index is 1210. The minimum atomic E-state index is -0.392. The molecule has 0 aliphatic carbocycles. The van der Waals surface area contributed by atoms with E-state index < -0.39 is 5.25 Å². The number of thioether (sulfide) groups is 1. The van der Waals surface area contributed by atoms with Crippen molar-refractivity contribution in [1.29, 1.82) is 0 Å². The molecular weight excluding hydrogens is 410 g/mol. The Morgan fingerprint density at radius 3 is 2.58 bits per heavy atom. The van der Waals surface area contributed by atoms with Gasteiger partial charge in [0.05, 0.1) is 24.8 Å². The lowest BCUT2D eigenvalue weighted by atomic mass is 10.1. The van der Waals surface area contributed by atoms with Crippen LogP contribution in [0.25, 0.3) is 27.8 Å². The van der Waals surface area contributed by atoms with Gasteiger partial charge < -0.3 is 9.47 Å². The van der Waals surface area contributed by atoms with E-state index >= 15 is 0 Å². The van der Waals surface area contributed by atoms with Crippen LogP contribution >= 0.6 is 11.8 Å². The fraction of sp³-hybridized carbons (Fsp3) is 0.208. The average Bonchev–Trinajstić information content (AvgIpc) is 3.20. The number of esters is 1. The molecule has 0 radical (unpaired) electrons. The molecule has 158 valence electrons. The van der Waals surface area contributed by atoms with E-state index in [9.17, 15) is 4.79 Å². The van der Waals surface area contributed by atoms with Gasteiger partial charge in [0, 0.05) is 11.8 Å². The number of ether oxygens (including phenoxy) is 2. The Kier molecular flexibility index (Phi) is 6.23. The summed E-state index contributed by atoms with van der Waals surface area (Å²) in [5.41, 5.74) is 3.66. The van der Waals surface area contributed by atoms with Crippen LogP contribution in [0.2, 0.25) is 0 Å². The monoisotopic (exact) mass is 433 g/mol. The van der Waals surface area contributed by atoms with E-state index in [0.29, 0.717) is 6.61 Å². The van der Waals surface area contributed by atoms with Gasteiger partial charge in [-0.1, -0.05) is 54.2 Å². The number of nitrogens with zero attached hydrogens (tertiary/aromatic N) is 3. The van der Waals surface area contributed by atoms with Crippen molar-refractivity contribution in [3.05, 3.63) is 67.1 Å². The molecule has 0 aliphatic heterocycles. The standard InChI is InChI=1S/C24H23N3O3S/c1-4-30-24(28)16(2)31-23-21-18(17-10-6-5-7-11-17)14-27(22(21)25-15-26-23)19-12-8-9-13-20(19)29-3/h5-16H,4H2,1-3H3/t16-/m1/s1. The van der Waals surface area contributed by atoms with Crippen LogP contribution in [0.3, 0.4) is 0 Å². The number of carbonyl (C=O) groups excluding carboxylic acids is 1. The van der Waals surface area contributed by atoms with Crippen LogP contribution in [0.1, 0.15) is 13.8 Å². The molecule has 2 aromatic heterocycles. The van der Waals surface area contributed by atoms with E-state index in [2.05, 4.69) is 22.1 Å². The highest BCUT2D eigenvalue weighted by Gasteiger charge is 2.23. The second-order valence-electron chi connectivity index (χ2n) is 6.84. The van der Waals surface area contributed by atoms with Crippen molar-refractivity contribution in [1.82, 2.24) is 14.5 Å². The third-order valence-corrected chi connectivity index (χ3v) is 5.96. The lowest BCUT2D eigenvalue weighted by Crippen LogP contribution is -2.16. The number of aromatic nitrogens is 3. The van der Waals surface area contributed by atoms with Crippen molar-refractivity contribution < 1.29 is 14.3 Å². The Morgan fingerprint density at radius 2 is 1.84 bits per heavy atom. The van der Waals surface area contributed by atoms with Gasteiger partial charge in [0.15, 0.2) is 0 Å². The number of hydrogen-bond acceptors (Lipinski definition) is 6. The zero-order valence-electron chi connectivity index (χ0n) is 17.6. The molecule has 0 bridgehead atoms. The van der Waals surface area contributed by atoms with Gasteiger partial charge in [-0.05, 0) is 31.5 Å². The molecule has 2 aromatic carbocycles. The summed E-state index contributed by atoms with van der Waals surface area (Å²) in [5, 5.41) is 1.23. The molecule has 4 aromatic rings. The molecule has 0 aliphatic rings. The maximum absolute atomic E-state index is 12.2. The summed E-state index contributed by atoms with van der Waals surface area (Å²) in [4.78, 5) is 21.4. The normalized spacial score (nSPS) is 12.0. The molecule has 0 amide bonds. The number of rotatable bonds is 7. The molecule has 31 heavy (non-hydrogen) atoms. The molecule has 0 fully saturated rings. The highest BCUT2D eigenvalue weighted by atomic mass is 32.2. The third kappa shape index (κ3) is 4.14. The predicted octanol–water partition coefficient (Wildman–Crippen LogP) is 5.14. The number of hydrogen-bond donors (Lipinski definition) is 0. The molecular formula is C24H23N3O3S. The first-order chi connectivity index (χ1) is 15.1. The summed E-state index contributed by atoms with van der Waals surface area (Å²) < 4.78 is 12.8. The smallest absolute Gasteiger partial charge is 0.319 e. The van der Waals surface area contributed by atoms with Crippen molar-refractivity contribution in [3.63, 3.8) is 0 Å². The molecule has 6 nitrogen and oxygen atoms in total. The zero-order valence-corrected chi connectivity index (χ0v) is 18.4. The average molecular weight is 434 g/mol. The largest absolute Gasteiger partial charge is 0.495 e. The first-order valence-corrected chi connectivity index (χ1v) is 10.9.